The molecular formula is C15H25NO2S. The van der Waals surface area contributed by atoms with E-state index in [1.54, 1.807) is 0 Å². The average molecular weight is 283 g/mol. The standard InChI is InChI=1S/C15H25NO2S/c1-13-7-9-15(10-8-13)19(17,18)12-4-6-14-5-3-11-16(14)2/h7-10,14,17-18H,3-6,11-12H2,1-2H3. The summed E-state index contributed by atoms with van der Waals surface area (Å²) in [5.74, 6) is 0.487. The molecular weight excluding hydrogens is 258 g/mol. The van der Waals surface area contributed by atoms with Crippen LogP contribution in [-0.2, 0) is 0 Å². The van der Waals surface area contributed by atoms with Crippen molar-refractivity contribution in [2.75, 3.05) is 19.3 Å². The number of nitrogens with zero attached hydrogens (tertiary/aromatic N) is 1. The van der Waals surface area contributed by atoms with Gasteiger partial charge in [0.15, 0.2) is 0 Å². The molecule has 0 radical (unpaired) electrons. The van der Waals surface area contributed by atoms with E-state index in [4.69, 9.17) is 0 Å². The zero-order valence-electron chi connectivity index (χ0n) is 11.9. The van der Waals surface area contributed by atoms with Crippen molar-refractivity contribution in [2.24, 2.45) is 0 Å². The van der Waals surface area contributed by atoms with Crippen LogP contribution in [0.15, 0.2) is 29.2 Å². The highest BCUT2D eigenvalue weighted by Crippen LogP contribution is 2.48. The quantitative estimate of drug-likeness (QED) is 0.859. The Labute approximate surface area is 118 Å². The van der Waals surface area contributed by atoms with Crippen LogP contribution < -0.4 is 0 Å². The van der Waals surface area contributed by atoms with Gasteiger partial charge >= 0.3 is 0 Å². The molecule has 3 nitrogen and oxygen atoms in total. The Kier molecular flexibility index (Phi) is 4.90. The molecule has 1 aliphatic heterocycles. The molecule has 2 N–H and O–H groups in total. The Balaban J connectivity index is 1.85. The molecule has 2 rings (SSSR count). The minimum atomic E-state index is -2.60. The van der Waals surface area contributed by atoms with Gasteiger partial charge in [-0.05, 0) is 58.3 Å². The van der Waals surface area contributed by atoms with E-state index in [2.05, 4.69) is 11.9 Å². The molecule has 0 amide bonds. The number of likely N-dealkylation sites (tertiary alicyclic amines) is 1. The maximum absolute atomic E-state index is 10.2. The van der Waals surface area contributed by atoms with Crippen molar-refractivity contribution in [1.82, 2.24) is 4.90 Å². The van der Waals surface area contributed by atoms with Crippen molar-refractivity contribution < 1.29 is 9.11 Å². The molecule has 1 heterocycles. The average Bonchev–Trinajstić information content (AvgIpc) is 2.75. The van der Waals surface area contributed by atoms with E-state index in [9.17, 15) is 9.11 Å². The van der Waals surface area contributed by atoms with Gasteiger partial charge in [0.2, 0.25) is 0 Å². The fourth-order valence-corrected chi connectivity index (χ4v) is 4.12. The second kappa shape index (κ2) is 6.27. The van der Waals surface area contributed by atoms with Crippen LogP contribution in [-0.4, -0.2) is 39.4 Å². The zero-order chi connectivity index (χ0) is 13.9. The van der Waals surface area contributed by atoms with Crippen LogP contribution in [0.25, 0.3) is 0 Å². The van der Waals surface area contributed by atoms with E-state index >= 15 is 0 Å². The molecule has 1 aromatic carbocycles. The van der Waals surface area contributed by atoms with E-state index in [1.165, 1.54) is 19.4 Å². The maximum atomic E-state index is 10.2. The van der Waals surface area contributed by atoms with Gasteiger partial charge < -0.3 is 4.90 Å². The lowest BCUT2D eigenvalue weighted by Gasteiger charge is -2.33. The summed E-state index contributed by atoms with van der Waals surface area (Å²) in [6.45, 7) is 3.18. The summed E-state index contributed by atoms with van der Waals surface area (Å²) >= 11 is 0. The van der Waals surface area contributed by atoms with Crippen LogP contribution in [0, 0.1) is 6.92 Å². The monoisotopic (exact) mass is 283 g/mol. The number of rotatable bonds is 5. The van der Waals surface area contributed by atoms with E-state index in [0.29, 0.717) is 16.7 Å². The third-order valence-electron chi connectivity index (χ3n) is 4.04. The minimum absolute atomic E-state index is 0.487. The normalized spacial score (nSPS) is 21.8. The van der Waals surface area contributed by atoms with Crippen LogP contribution in [0.5, 0.6) is 0 Å². The van der Waals surface area contributed by atoms with Crippen LogP contribution >= 0.6 is 10.6 Å². The first-order chi connectivity index (χ1) is 8.99. The Hall–Kier alpha value is -0.550. The molecule has 0 bridgehead atoms. The molecule has 0 saturated carbocycles. The SMILES string of the molecule is Cc1ccc(S(O)(O)CCCC2CCCN2C)cc1. The first-order valence-corrected chi connectivity index (χ1v) is 8.73. The summed E-state index contributed by atoms with van der Waals surface area (Å²) in [5.41, 5.74) is 1.14. The van der Waals surface area contributed by atoms with Crippen molar-refractivity contribution in [1.29, 1.82) is 0 Å². The summed E-state index contributed by atoms with van der Waals surface area (Å²) < 4.78 is 20.5. The van der Waals surface area contributed by atoms with Crippen molar-refractivity contribution in [3.05, 3.63) is 29.8 Å². The molecule has 1 aliphatic rings. The lowest BCUT2D eigenvalue weighted by molar-refractivity contribution is 0.294. The summed E-state index contributed by atoms with van der Waals surface area (Å²) in [5, 5.41) is 0. The first-order valence-electron chi connectivity index (χ1n) is 7.02. The second-order valence-electron chi connectivity index (χ2n) is 5.60. The third-order valence-corrected chi connectivity index (χ3v) is 5.92. The minimum Gasteiger partial charge on any atom is -0.303 e. The van der Waals surface area contributed by atoms with Crippen molar-refractivity contribution in [2.45, 2.75) is 43.5 Å². The lowest BCUT2D eigenvalue weighted by atomic mass is 10.1. The predicted octanol–water partition coefficient (Wildman–Crippen LogP) is 3.98. The van der Waals surface area contributed by atoms with Crippen LogP contribution in [0.2, 0.25) is 0 Å². The van der Waals surface area contributed by atoms with E-state index in [0.717, 1.165) is 18.4 Å². The van der Waals surface area contributed by atoms with Gasteiger partial charge in [0, 0.05) is 11.8 Å². The molecule has 4 heteroatoms. The Morgan fingerprint density at radius 3 is 2.53 bits per heavy atom. The van der Waals surface area contributed by atoms with Gasteiger partial charge in [-0.3, -0.25) is 9.11 Å². The van der Waals surface area contributed by atoms with Gasteiger partial charge in [0.05, 0.1) is 4.90 Å². The first kappa shape index (κ1) is 14.9. The summed E-state index contributed by atoms with van der Waals surface area (Å²) in [4.78, 5) is 3.07. The molecule has 0 spiro atoms. The summed E-state index contributed by atoms with van der Waals surface area (Å²) in [6, 6.07) is 8.19. The highest BCUT2D eigenvalue weighted by molar-refractivity contribution is 8.24. The topological polar surface area (TPSA) is 43.7 Å². The largest absolute Gasteiger partial charge is 0.303 e. The van der Waals surface area contributed by atoms with E-state index in [-0.39, 0.29) is 0 Å². The number of hydrogen-bond acceptors (Lipinski definition) is 3. The zero-order valence-corrected chi connectivity index (χ0v) is 12.7. The van der Waals surface area contributed by atoms with Crippen LogP contribution in [0.3, 0.4) is 0 Å². The molecule has 108 valence electrons. The van der Waals surface area contributed by atoms with E-state index < -0.39 is 10.6 Å². The van der Waals surface area contributed by atoms with Gasteiger partial charge in [-0.25, -0.2) is 0 Å². The summed E-state index contributed by atoms with van der Waals surface area (Å²) in [7, 11) is -0.442. The Bertz CT molecular complexity index is 405. The molecule has 0 aromatic heterocycles. The van der Waals surface area contributed by atoms with Gasteiger partial charge in [0.25, 0.3) is 0 Å². The fraction of sp³-hybridized carbons (Fsp3) is 0.600. The second-order valence-corrected chi connectivity index (χ2v) is 7.82. The third kappa shape index (κ3) is 3.96. The Morgan fingerprint density at radius 2 is 1.95 bits per heavy atom. The molecule has 1 fully saturated rings. The number of benzene rings is 1. The van der Waals surface area contributed by atoms with Crippen molar-refractivity contribution >= 4 is 10.6 Å². The van der Waals surface area contributed by atoms with Crippen LogP contribution in [0.4, 0.5) is 0 Å². The highest BCUT2D eigenvalue weighted by atomic mass is 32.3. The van der Waals surface area contributed by atoms with E-state index in [1.807, 2.05) is 31.2 Å². The molecule has 1 atom stereocenters. The van der Waals surface area contributed by atoms with Gasteiger partial charge in [-0.2, -0.15) is 10.6 Å². The molecule has 1 saturated heterocycles. The maximum Gasteiger partial charge on any atom is 0.0583 e. The van der Waals surface area contributed by atoms with Gasteiger partial charge in [0.1, 0.15) is 0 Å². The molecule has 0 aliphatic carbocycles. The van der Waals surface area contributed by atoms with Gasteiger partial charge in [-0.15, -0.1) is 0 Å². The fourth-order valence-electron chi connectivity index (χ4n) is 2.74. The molecule has 19 heavy (non-hydrogen) atoms. The summed E-state index contributed by atoms with van der Waals surface area (Å²) in [6.07, 6.45) is 4.47. The molecule has 1 aromatic rings. The van der Waals surface area contributed by atoms with Crippen molar-refractivity contribution in [3.63, 3.8) is 0 Å². The smallest absolute Gasteiger partial charge is 0.0583 e. The lowest BCUT2D eigenvalue weighted by Crippen LogP contribution is -2.25. The van der Waals surface area contributed by atoms with Crippen molar-refractivity contribution in [3.8, 4) is 0 Å². The number of aryl methyl sites for hydroxylation is 1. The van der Waals surface area contributed by atoms with Gasteiger partial charge in [-0.1, -0.05) is 17.7 Å². The Morgan fingerprint density at radius 1 is 1.26 bits per heavy atom. The highest BCUT2D eigenvalue weighted by Gasteiger charge is 2.22. The molecule has 1 unspecified atom stereocenters. The number of hydrogen-bond donors (Lipinski definition) is 2. The van der Waals surface area contributed by atoms with Crippen LogP contribution in [0.1, 0.15) is 31.2 Å². The predicted molar refractivity (Wildman–Crippen MR) is 82.0 cm³/mol.